The topological polar surface area (TPSA) is 69.4 Å². The molecule has 0 saturated heterocycles. The highest BCUT2D eigenvalue weighted by atomic mass is 19.4. The molecule has 122 valence electrons. The number of esters is 1. The van der Waals surface area contributed by atoms with Gasteiger partial charge in [-0.1, -0.05) is 0 Å². The van der Waals surface area contributed by atoms with Gasteiger partial charge in [-0.2, -0.15) is 26.3 Å². The van der Waals surface area contributed by atoms with Gasteiger partial charge in [-0.25, -0.2) is 4.79 Å². The lowest BCUT2D eigenvalue weighted by Gasteiger charge is -2.17. The Morgan fingerprint density at radius 2 is 1.73 bits per heavy atom. The van der Waals surface area contributed by atoms with Crippen molar-refractivity contribution in [3.63, 3.8) is 0 Å². The highest BCUT2D eigenvalue weighted by Gasteiger charge is 2.48. The van der Waals surface area contributed by atoms with Crippen LogP contribution in [0.1, 0.15) is 28.4 Å². The van der Waals surface area contributed by atoms with Gasteiger partial charge in [0.25, 0.3) is 5.69 Å². The molecule has 5 nitrogen and oxygen atoms in total. The number of alkyl halides is 6. The van der Waals surface area contributed by atoms with Crippen molar-refractivity contribution < 1.29 is 40.8 Å². The number of hydrogen-bond acceptors (Lipinski definition) is 4. The lowest BCUT2D eigenvalue weighted by Crippen LogP contribution is -2.23. The van der Waals surface area contributed by atoms with E-state index in [1.165, 1.54) is 0 Å². The molecular formula is C11H7F6NO4. The molecule has 11 heteroatoms. The number of nitrogens with zero attached hydrogens (tertiary/aromatic N) is 1. The van der Waals surface area contributed by atoms with Crippen LogP contribution in [-0.2, 0) is 17.1 Å². The number of carbonyl (C=O) groups is 1. The van der Waals surface area contributed by atoms with Gasteiger partial charge < -0.3 is 4.74 Å². The van der Waals surface area contributed by atoms with Crippen molar-refractivity contribution in [3.8, 4) is 0 Å². The second-order valence-corrected chi connectivity index (χ2v) is 3.86. The number of benzene rings is 1. The van der Waals surface area contributed by atoms with E-state index in [-0.39, 0.29) is 12.1 Å². The van der Waals surface area contributed by atoms with Crippen LogP contribution in [0.2, 0.25) is 0 Å². The van der Waals surface area contributed by atoms with Gasteiger partial charge in [-0.15, -0.1) is 0 Å². The zero-order chi connectivity index (χ0) is 17.3. The predicted octanol–water partition coefficient (Wildman–Crippen LogP) is 3.81. The Bertz CT molecular complexity index is 608. The molecule has 0 bridgehead atoms. The number of nitro benzene ring substituents is 1. The van der Waals surface area contributed by atoms with Gasteiger partial charge in [-0.3, -0.25) is 10.1 Å². The quantitative estimate of drug-likeness (QED) is 0.365. The molecule has 0 N–H and O–H groups in total. The number of carbonyl (C=O) groups excluding carboxylic acids is 1. The second kappa shape index (κ2) is 5.81. The van der Waals surface area contributed by atoms with E-state index in [0.29, 0.717) is 0 Å². The number of halogens is 6. The minimum atomic E-state index is -5.55. The Labute approximate surface area is 118 Å². The third kappa shape index (κ3) is 3.46. The summed E-state index contributed by atoms with van der Waals surface area (Å²) in [6.45, 7) is 0.659. The number of ether oxygens (including phenoxy) is 1. The van der Waals surface area contributed by atoms with Gasteiger partial charge in [-0.05, 0) is 13.0 Å². The van der Waals surface area contributed by atoms with E-state index in [0.717, 1.165) is 6.92 Å². The Balaban J connectivity index is 3.87. The normalized spacial score (nSPS) is 12.1. The van der Waals surface area contributed by atoms with E-state index < -0.39 is 52.2 Å². The van der Waals surface area contributed by atoms with Gasteiger partial charge in [0.2, 0.25) is 0 Å². The predicted molar refractivity (Wildman–Crippen MR) is 59.1 cm³/mol. The molecule has 1 aromatic rings. The van der Waals surface area contributed by atoms with Crippen LogP contribution in [0.3, 0.4) is 0 Å². The smallest absolute Gasteiger partial charge is 0.423 e. The van der Waals surface area contributed by atoms with Gasteiger partial charge in [0.1, 0.15) is 5.56 Å². The molecule has 0 radical (unpaired) electrons. The van der Waals surface area contributed by atoms with Gasteiger partial charge in [0.05, 0.1) is 22.7 Å². The average Bonchev–Trinajstić information content (AvgIpc) is 2.34. The highest BCUT2D eigenvalue weighted by Crippen LogP contribution is 2.44. The number of nitro groups is 1. The first-order valence-corrected chi connectivity index (χ1v) is 5.54. The maximum Gasteiger partial charge on any atom is 0.423 e. The monoisotopic (exact) mass is 331 g/mol. The molecular weight excluding hydrogens is 324 g/mol. The van der Waals surface area contributed by atoms with E-state index in [1.54, 1.807) is 0 Å². The molecule has 0 aliphatic heterocycles. The first-order valence-electron chi connectivity index (χ1n) is 5.54. The third-order valence-corrected chi connectivity index (χ3v) is 2.45. The van der Waals surface area contributed by atoms with Crippen molar-refractivity contribution in [3.05, 3.63) is 38.9 Å². The fourth-order valence-electron chi connectivity index (χ4n) is 1.68. The molecule has 1 rings (SSSR count). The molecule has 0 heterocycles. The van der Waals surface area contributed by atoms with Crippen LogP contribution >= 0.6 is 0 Å². The Morgan fingerprint density at radius 1 is 1.18 bits per heavy atom. The molecule has 0 aromatic heterocycles. The summed E-state index contributed by atoms with van der Waals surface area (Å²) in [6, 6.07) is 0.0913. The average molecular weight is 331 g/mol. The van der Waals surface area contributed by atoms with Gasteiger partial charge in [0.15, 0.2) is 0 Å². The largest absolute Gasteiger partial charge is 0.462 e. The minimum absolute atomic E-state index is 0.0413. The molecule has 22 heavy (non-hydrogen) atoms. The van der Waals surface area contributed by atoms with Crippen LogP contribution in [0.4, 0.5) is 32.0 Å². The van der Waals surface area contributed by atoms with E-state index in [2.05, 4.69) is 4.74 Å². The second-order valence-electron chi connectivity index (χ2n) is 3.86. The van der Waals surface area contributed by atoms with Crippen LogP contribution in [0, 0.1) is 10.1 Å². The van der Waals surface area contributed by atoms with Crippen molar-refractivity contribution in [2.24, 2.45) is 0 Å². The Morgan fingerprint density at radius 3 is 2.09 bits per heavy atom. The van der Waals surface area contributed by atoms with Crippen LogP contribution in [0.15, 0.2) is 12.1 Å². The molecule has 0 aliphatic carbocycles. The summed E-state index contributed by atoms with van der Waals surface area (Å²) in [4.78, 5) is 20.6. The minimum Gasteiger partial charge on any atom is -0.462 e. The lowest BCUT2D eigenvalue weighted by molar-refractivity contribution is -0.388. The molecule has 1 aromatic carbocycles. The van der Waals surface area contributed by atoms with E-state index in [4.69, 9.17) is 0 Å². The zero-order valence-corrected chi connectivity index (χ0v) is 10.7. The highest BCUT2D eigenvalue weighted by molar-refractivity contribution is 5.94. The fourth-order valence-corrected chi connectivity index (χ4v) is 1.68. The van der Waals surface area contributed by atoms with E-state index in [1.807, 2.05) is 0 Å². The summed E-state index contributed by atoms with van der Waals surface area (Å²) in [5, 5.41) is 10.6. The van der Waals surface area contributed by atoms with Crippen LogP contribution in [-0.4, -0.2) is 17.5 Å². The molecule has 0 fully saturated rings. The van der Waals surface area contributed by atoms with Crippen LogP contribution in [0.25, 0.3) is 0 Å². The van der Waals surface area contributed by atoms with Gasteiger partial charge >= 0.3 is 18.3 Å². The molecule has 0 saturated carbocycles. The first-order chi connectivity index (χ1) is 9.91. The maximum atomic E-state index is 13.0. The molecule has 0 atom stereocenters. The summed E-state index contributed by atoms with van der Waals surface area (Å²) in [5.74, 6) is -1.94. The Kier molecular flexibility index (Phi) is 4.68. The maximum absolute atomic E-state index is 13.0. The lowest BCUT2D eigenvalue weighted by atomic mass is 9.98. The van der Waals surface area contributed by atoms with Gasteiger partial charge in [0, 0.05) is 6.07 Å². The van der Waals surface area contributed by atoms with Crippen molar-refractivity contribution in [1.82, 2.24) is 0 Å². The first kappa shape index (κ1) is 17.7. The van der Waals surface area contributed by atoms with Crippen LogP contribution in [0.5, 0.6) is 0 Å². The number of rotatable bonds is 3. The summed E-state index contributed by atoms with van der Waals surface area (Å²) < 4.78 is 81.5. The van der Waals surface area contributed by atoms with Crippen molar-refractivity contribution in [2.45, 2.75) is 19.3 Å². The fraction of sp³-hybridized carbons (Fsp3) is 0.364. The standard InChI is InChI=1S/C11H7F6NO4/c1-2-22-9(19)7-5(10(12,13)14)3-4-6(18(20)21)8(7)11(15,16)17/h3-4H,2H2,1H3. The van der Waals surface area contributed by atoms with E-state index in [9.17, 15) is 41.3 Å². The zero-order valence-electron chi connectivity index (χ0n) is 10.7. The molecule has 0 spiro atoms. The van der Waals surface area contributed by atoms with E-state index >= 15 is 0 Å². The van der Waals surface area contributed by atoms with Crippen molar-refractivity contribution >= 4 is 11.7 Å². The molecule has 0 unspecified atom stereocenters. The number of hydrogen-bond donors (Lipinski definition) is 0. The molecule has 0 aliphatic rings. The summed E-state index contributed by atoms with van der Waals surface area (Å²) in [6.07, 6.45) is -10.9. The van der Waals surface area contributed by atoms with Crippen LogP contribution < -0.4 is 0 Å². The molecule has 0 amide bonds. The SMILES string of the molecule is CCOC(=O)c1c(C(F)(F)F)ccc([N+](=O)[O-])c1C(F)(F)F. The van der Waals surface area contributed by atoms with Crippen molar-refractivity contribution in [1.29, 1.82) is 0 Å². The summed E-state index contributed by atoms with van der Waals surface area (Å²) in [5.41, 5.74) is -7.82. The van der Waals surface area contributed by atoms with Crippen molar-refractivity contribution in [2.75, 3.05) is 6.61 Å². The summed E-state index contributed by atoms with van der Waals surface area (Å²) >= 11 is 0. The summed E-state index contributed by atoms with van der Waals surface area (Å²) in [7, 11) is 0. The third-order valence-electron chi connectivity index (χ3n) is 2.45. The Hall–Kier alpha value is -2.33.